The molecule has 0 unspecified atom stereocenters. The minimum Gasteiger partial charge on any atom is -0.309 e. The second kappa shape index (κ2) is 8.90. The molecule has 3 aliphatic rings. The smallest absolute Gasteiger partial charge is 0.0976 e. The van der Waals surface area contributed by atoms with Crippen molar-refractivity contribution in [3.63, 3.8) is 0 Å². The van der Waals surface area contributed by atoms with Crippen molar-refractivity contribution in [1.29, 1.82) is 0 Å². The van der Waals surface area contributed by atoms with Gasteiger partial charge in [-0.3, -0.25) is 0 Å². The Morgan fingerprint density at radius 1 is 0.675 bits per heavy atom. The lowest BCUT2D eigenvalue weighted by Crippen LogP contribution is -2.04. The Balaban J connectivity index is 1.27. The molecule has 3 aliphatic carbocycles. The van der Waals surface area contributed by atoms with E-state index in [0.29, 0.717) is 0 Å². The second-order valence-electron chi connectivity index (χ2n) is 11.2. The Morgan fingerprint density at radius 2 is 1.30 bits per heavy atom. The number of hydrogen-bond donors (Lipinski definition) is 0. The number of fused-ring (bicyclic) bond motifs is 6. The molecule has 40 heavy (non-hydrogen) atoms. The molecule has 0 saturated carbocycles. The van der Waals surface area contributed by atoms with E-state index in [1.54, 1.807) is 0 Å². The van der Waals surface area contributed by atoms with Gasteiger partial charge in [-0.05, 0) is 116 Å². The van der Waals surface area contributed by atoms with Crippen molar-refractivity contribution < 1.29 is 0 Å². The van der Waals surface area contributed by atoms with E-state index < -0.39 is 0 Å². The lowest BCUT2D eigenvalue weighted by atomic mass is 9.93. The first kappa shape index (κ1) is 23.2. The molecule has 3 aromatic carbocycles. The minimum absolute atomic E-state index is 1.08. The lowest BCUT2D eigenvalue weighted by molar-refractivity contribution is 0.922. The summed E-state index contributed by atoms with van der Waals surface area (Å²) in [7, 11) is 0. The van der Waals surface area contributed by atoms with Crippen LogP contribution in [0, 0.1) is 6.92 Å². The highest BCUT2D eigenvalue weighted by Gasteiger charge is 2.24. The van der Waals surface area contributed by atoms with Crippen LogP contribution >= 0.6 is 0 Å². The SMILES string of the molecule is CC1=CC(n2c3c(c4c2C=CCC4)CCC=C3)=C=C=C1c1ccc(-n2c3ccccc3c3ccccc32)cc1C. The molecule has 0 N–H and O–H groups in total. The summed E-state index contributed by atoms with van der Waals surface area (Å²) in [6.45, 7) is 4.42. The third kappa shape index (κ3) is 3.38. The summed E-state index contributed by atoms with van der Waals surface area (Å²) in [6.07, 6.45) is 16.0. The van der Waals surface area contributed by atoms with Crippen LogP contribution in [0.1, 0.15) is 53.4 Å². The highest BCUT2D eigenvalue weighted by Crippen LogP contribution is 2.38. The molecule has 0 bridgehead atoms. The van der Waals surface area contributed by atoms with Gasteiger partial charge >= 0.3 is 0 Å². The monoisotopic (exact) mass is 514 g/mol. The quantitative estimate of drug-likeness (QED) is 0.212. The zero-order valence-electron chi connectivity index (χ0n) is 23.0. The van der Waals surface area contributed by atoms with Crippen LogP contribution in [-0.2, 0) is 12.8 Å². The molecule has 0 fully saturated rings. The normalized spacial score (nSPS) is 15.7. The summed E-state index contributed by atoms with van der Waals surface area (Å²) in [4.78, 5) is 0. The maximum atomic E-state index is 3.58. The third-order valence-electron chi connectivity index (χ3n) is 8.76. The number of hydrogen-bond acceptors (Lipinski definition) is 0. The summed E-state index contributed by atoms with van der Waals surface area (Å²) in [5, 5.41) is 2.57. The minimum atomic E-state index is 1.08. The highest BCUT2D eigenvalue weighted by molar-refractivity contribution is 6.09. The fourth-order valence-electron chi connectivity index (χ4n) is 6.93. The number of rotatable bonds is 3. The molecule has 0 radical (unpaired) electrons. The number of allylic oxidation sites excluding steroid dienone is 6. The van der Waals surface area contributed by atoms with Gasteiger partial charge in [-0.1, -0.05) is 60.3 Å². The van der Waals surface area contributed by atoms with Gasteiger partial charge < -0.3 is 9.13 Å². The molecule has 2 nitrogen and oxygen atoms in total. The zero-order valence-corrected chi connectivity index (χ0v) is 23.0. The number of aromatic nitrogens is 2. The summed E-state index contributed by atoms with van der Waals surface area (Å²) in [5.74, 6) is 0. The second-order valence-corrected chi connectivity index (χ2v) is 11.2. The van der Waals surface area contributed by atoms with Crippen LogP contribution in [0.3, 0.4) is 0 Å². The lowest BCUT2D eigenvalue weighted by Gasteiger charge is -2.17. The van der Waals surface area contributed by atoms with Crippen molar-refractivity contribution in [2.75, 3.05) is 0 Å². The van der Waals surface area contributed by atoms with Gasteiger partial charge in [-0.15, -0.1) is 0 Å². The number of nitrogens with zero attached hydrogens (tertiary/aromatic N) is 2. The molecule has 0 amide bonds. The van der Waals surface area contributed by atoms with Crippen molar-refractivity contribution in [3.8, 4) is 5.69 Å². The van der Waals surface area contributed by atoms with E-state index in [1.807, 2.05) is 0 Å². The average molecular weight is 515 g/mol. The predicted octanol–water partition coefficient (Wildman–Crippen LogP) is 9.45. The van der Waals surface area contributed by atoms with Gasteiger partial charge in [0.25, 0.3) is 0 Å². The summed E-state index contributed by atoms with van der Waals surface area (Å²) in [6, 6.07) is 24.2. The van der Waals surface area contributed by atoms with Crippen molar-refractivity contribution in [3.05, 3.63) is 136 Å². The van der Waals surface area contributed by atoms with Crippen molar-refractivity contribution >= 4 is 45.2 Å². The van der Waals surface area contributed by atoms with Gasteiger partial charge in [0.1, 0.15) is 0 Å². The standard InChI is InChI=1S/C38H30N2/c1-25-23-27(39-35-15-7-3-11-31(35)32-12-4-8-16-36(32)39)19-21-29(25)30-22-20-28(24-26(30)2)40-37-17-9-5-13-33(37)34-14-6-10-18-38(34)40/h3-4,7-12,15-19,21,23-24H,5-6,13-14H2,1-2H3. The Hall–Kier alpha value is -4.74. The first-order chi connectivity index (χ1) is 19.7. The fraction of sp³-hybridized carbons (Fsp3) is 0.158. The average Bonchev–Trinajstić information content (AvgIpc) is 3.51. The molecule has 5 aromatic rings. The van der Waals surface area contributed by atoms with Gasteiger partial charge in [0.15, 0.2) is 0 Å². The van der Waals surface area contributed by atoms with E-state index in [-0.39, 0.29) is 0 Å². The Morgan fingerprint density at radius 3 is 1.90 bits per heavy atom. The summed E-state index contributed by atoms with van der Waals surface area (Å²) >= 11 is 0. The fourth-order valence-corrected chi connectivity index (χ4v) is 6.93. The van der Waals surface area contributed by atoms with Crippen molar-refractivity contribution in [2.45, 2.75) is 39.5 Å². The van der Waals surface area contributed by atoms with Crippen LogP contribution in [-0.4, -0.2) is 9.13 Å². The number of aryl methyl sites for hydroxylation is 1. The van der Waals surface area contributed by atoms with Gasteiger partial charge in [0, 0.05) is 33.4 Å². The number of para-hydroxylation sites is 2. The van der Waals surface area contributed by atoms with Crippen LogP contribution in [0.25, 0.3) is 50.9 Å². The van der Waals surface area contributed by atoms with Gasteiger partial charge in [-0.2, -0.15) is 0 Å². The maximum absolute atomic E-state index is 3.58. The Labute approximate surface area is 234 Å². The molecule has 2 heteroatoms. The van der Waals surface area contributed by atoms with Crippen LogP contribution < -0.4 is 0 Å². The summed E-state index contributed by atoms with van der Waals surface area (Å²) < 4.78 is 4.79. The predicted molar refractivity (Wildman–Crippen MR) is 169 cm³/mol. The van der Waals surface area contributed by atoms with Crippen LogP contribution in [0.2, 0.25) is 0 Å². The van der Waals surface area contributed by atoms with Crippen molar-refractivity contribution in [1.82, 2.24) is 9.13 Å². The molecular formula is C38H30N2. The van der Waals surface area contributed by atoms with E-state index in [0.717, 1.165) is 37.0 Å². The molecule has 0 aliphatic heterocycles. The van der Waals surface area contributed by atoms with E-state index in [2.05, 4.69) is 132 Å². The van der Waals surface area contributed by atoms with Gasteiger partial charge in [0.05, 0.1) is 16.7 Å². The maximum Gasteiger partial charge on any atom is 0.0976 e. The topological polar surface area (TPSA) is 9.86 Å². The van der Waals surface area contributed by atoms with E-state index in [1.165, 1.54) is 66.7 Å². The van der Waals surface area contributed by atoms with E-state index in [4.69, 9.17) is 0 Å². The molecule has 0 atom stereocenters. The largest absolute Gasteiger partial charge is 0.309 e. The van der Waals surface area contributed by atoms with Crippen LogP contribution in [0.4, 0.5) is 0 Å². The first-order valence-corrected chi connectivity index (χ1v) is 14.3. The molecule has 8 rings (SSSR count). The zero-order chi connectivity index (χ0) is 26.8. The van der Waals surface area contributed by atoms with E-state index in [9.17, 15) is 0 Å². The first-order valence-electron chi connectivity index (χ1n) is 14.3. The van der Waals surface area contributed by atoms with E-state index >= 15 is 0 Å². The summed E-state index contributed by atoms with van der Waals surface area (Å²) in [5.41, 5.74) is 22.4. The van der Waals surface area contributed by atoms with Crippen molar-refractivity contribution in [2.24, 2.45) is 0 Å². The van der Waals surface area contributed by atoms with Gasteiger partial charge in [-0.25, -0.2) is 0 Å². The molecular weight excluding hydrogens is 484 g/mol. The molecule has 2 heterocycles. The number of benzene rings is 3. The molecule has 2 aromatic heterocycles. The molecule has 192 valence electrons. The highest BCUT2D eigenvalue weighted by atomic mass is 15.0. The Bertz CT molecular complexity index is 1990. The third-order valence-corrected chi connectivity index (χ3v) is 8.76. The molecule has 0 saturated heterocycles. The van der Waals surface area contributed by atoms with Gasteiger partial charge in [0.2, 0.25) is 0 Å². The Kier molecular flexibility index (Phi) is 5.16. The van der Waals surface area contributed by atoms with Crippen LogP contribution in [0.15, 0.2) is 102 Å². The van der Waals surface area contributed by atoms with Crippen LogP contribution in [0.5, 0.6) is 0 Å². The molecule has 0 spiro atoms.